The molecule has 1 aromatic carbocycles. The second-order valence-electron chi connectivity index (χ2n) is 4.88. The zero-order valence-corrected chi connectivity index (χ0v) is 12.2. The molecule has 0 saturated heterocycles. The van der Waals surface area contributed by atoms with E-state index < -0.39 is 5.69 Å². The smallest absolute Gasteiger partial charge is 0.325 e. The largest absolute Gasteiger partial charge is 0.493 e. The quantitative estimate of drug-likeness (QED) is 0.671. The summed E-state index contributed by atoms with van der Waals surface area (Å²) >= 11 is 5.81. The average molecular weight is 310 g/mol. The van der Waals surface area contributed by atoms with Crippen LogP contribution in [0.25, 0.3) is 0 Å². The number of hydrogen-bond acceptors (Lipinski definition) is 3. The maximum atomic E-state index is 11.8. The van der Waals surface area contributed by atoms with Gasteiger partial charge < -0.3 is 15.4 Å². The number of carbonyl (C=O) groups is 1. The SMILES string of the molecule is CC(Cc1ccc(Cl)cc1)NC(=O)Cc1[nH]c(=O)[nH]c1O. The fraction of sp³-hybridized carbons (Fsp3) is 0.286. The number of carbonyl (C=O) groups excluding carboxylic acids is 1. The minimum absolute atomic E-state index is 0.0773. The molecule has 1 atom stereocenters. The number of aromatic hydroxyl groups is 1. The molecule has 1 aromatic heterocycles. The minimum Gasteiger partial charge on any atom is -0.493 e. The molecule has 0 aliphatic heterocycles. The standard InChI is InChI=1S/C14H16ClN3O3/c1-8(6-9-2-4-10(15)5-3-9)16-12(19)7-11-13(20)18-14(21)17-11/h2-5,8,20H,6-7H2,1H3,(H,16,19)(H2,17,18,21). The van der Waals surface area contributed by atoms with Gasteiger partial charge >= 0.3 is 5.69 Å². The summed E-state index contributed by atoms with van der Waals surface area (Å²) in [7, 11) is 0. The molecule has 1 heterocycles. The minimum atomic E-state index is -0.537. The van der Waals surface area contributed by atoms with Crippen LogP contribution >= 0.6 is 11.6 Å². The second-order valence-corrected chi connectivity index (χ2v) is 5.32. The molecule has 2 rings (SSSR count). The Balaban J connectivity index is 1.88. The van der Waals surface area contributed by atoms with Gasteiger partial charge in [0.05, 0.1) is 12.1 Å². The Morgan fingerprint density at radius 3 is 2.57 bits per heavy atom. The van der Waals surface area contributed by atoms with E-state index in [9.17, 15) is 14.7 Å². The molecule has 0 fully saturated rings. The van der Waals surface area contributed by atoms with E-state index in [2.05, 4.69) is 15.3 Å². The van der Waals surface area contributed by atoms with E-state index in [0.717, 1.165) is 5.56 Å². The summed E-state index contributed by atoms with van der Waals surface area (Å²) in [6.45, 7) is 1.88. The Labute approximate surface area is 126 Å². The van der Waals surface area contributed by atoms with Crippen molar-refractivity contribution in [1.29, 1.82) is 0 Å². The predicted molar refractivity (Wildman–Crippen MR) is 79.5 cm³/mol. The van der Waals surface area contributed by atoms with Crippen molar-refractivity contribution in [2.24, 2.45) is 0 Å². The summed E-state index contributed by atoms with van der Waals surface area (Å²) in [5.74, 6) is -0.581. The molecule has 0 aliphatic carbocycles. The molecule has 1 unspecified atom stereocenters. The number of halogens is 1. The van der Waals surface area contributed by atoms with Crippen LogP contribution in [0.3, 0.4) is 0 Å². The summed E-state index contributed by atoms with van der Waals surface area (Å²) in [4.78, 5) is 27.4. The zero-order chi connectivity index (χ0) is 15.4. The van der Waals surface area contributed by atoms with Crippen LogP contribution in [0.1, 0.15) is 18.2 Å². The predicted octanol–water partition coefficient (Wildman–Crippen LogP) is 1.35. The van der Waals surface area contributed by atoms with E-state index >= 15 is 0 Å². The third kappa shape index (κ3) is 4.39. The van der Waals surface area contributed by atoms with Crippen LogP contribution in [0, 0.1) is 0 Å². The van der Waals surface area contributed by atoms with Gasteiger partial charge in [0, 0.05) is 11.1 Å². The Morgan fingerprint density at radius 2 is 2.00 bits per heavy atom. The van der Waals surface area contributed by atoms with Crippen LogP contribution in [0.4, 0.5) is 0 Å². The second kappa shape index (κ2) is 6.49. The van der Waals surface area contributed by atoms with Gasteiger partial charge in [-0.15, -0.1) is 0 Å². The lowest BCUT2D eigenvalue weighted by Gasteiger charge is -2.13. The van der Waals surface area contributed by atoms with Crippen molar-refractivity contribution < 1.29 is 9.90 Å². The highest BCUT2D eigenvalue weighted by Gasteiger charge is 2.13. The summed E-state index contributed by atoms with van der Waals surface area (Å²) in [6, 6.07) is 7.33. The Morgan fingerprint density at radius 1 is 1.33 bits per heavy atom. The lowest BCUT2D eigenvalue weighted by atomic mass is 10.1. The van der Waals surface area contributed by atoms with Gasteiger partial charge in [0.1, 0.15) is 0 Å². The number of rotatable bonds is 5. The number of benzene rings is 1. The first kappa shape index (κ1) is 15.2. The Kier molecular flexibility index (Phi) is 4.70. The average Bonchev–Trinajstić information content (AvgIpc) is 2.70. The lowest BCUT2D eigenvalue weighted by molar-refractivity contribution is -0.121. The van der Waals surface area contributed by atoms with Crippen molar-refractivity contribution in [1.82, 2.24) is 15.3 Å². The van der Waals surface area contributed by atoms with Crippen molar-refractivity contribution >= 4 is 17.5 Å². The fourth-order valence-corrected chi connectivity index (χ4v) is 2.18. The molecule has 0 saturated carbocycles. The van der Waals surface area contributed by atoms with Gasteiger partial charge in [0.2, 0.25) is 11.8 Å². The van der Waals surface area contributed by atoms with E-state index in [1.54, 1.807) is 12.1 Å². The van der Waals surface area contributed by atoms with Crippen LogP contribution in [0.5, 0.6) is 5.88 Å². The van der Waals surface area contributed by atoms with Crippen molar-refractivity contribution in [3.05, 3.63) is 51.0 Å². The normalized spacial score (nSPS) is 12.1. The molecule has 0 spiro atoms. The van der Waals surface area contributed by atoms with Crippen LogP contribution in [0.2, 0.25) is 5.02 Å². The highest BCUT2D eigenvalue weighted by molar-refractivity contribution is 6.30. The van der Waals surface area contributed by atoms with E-state index in [4.69, 9.17) is 11.6 Å². The van der Waals surface area contributed by atoms with Gasteiger partial charge in [0.25, 0.3) is 0 Å². The summed E-state index contributed by atoms with van der Waals surface area (Å²) in [6.07, 6.45) is 0.577. The van der Waals surface area contributed by atoms with Crippen molar-refractivity contribution in [2.45, 2.75) is 25.8 Å². The number of aromatic nitrogens is 2. The first-order valence-corrected chi connectivity index (χ1v) is 6.86. The molecule has 112 valence electrons. The van der Waals surface area contributed by atoms with E-state index in [1.165, 1.54) is 0 Å². The summed E-state index contributed by atoms with van der Waals surface area (Å²) < 4.78 is 0. The van der Waals surface area contributed by atoms with Crippen LogP contribution in [-0.2, 0) is 17.6 Å². The maximum absolute atomic E-state index is 11.8. The molecule has 0 bridgehead atoms. The number of amides is 1. The van der Waals surface area contributed by atoms with Crippen molar-refractivity contribution in [3.8, 4) is 5.88 Å². The maximum Gasteiger partial charge on any atom is 0.325 e. The van der Waals surface area contributed by atoms with Crippen LogP contribution < -0.4 is 11.0 Å². The van der Waals surface area contributed by atoms with E-state index in [0.29, 0.717) is 11.4 Å². The van der Waals surface area contributed by atoms with Crippen LogP contribution in [-0.4, -0.2) is 27.0 Å². The summed E-state index contributed by atoms with van der Waals surface area (Å²) in [5, 5.41) is 12.9. The number of H-pyrrole nitrogens is 2. The molecule has 7 heteroatoms. The topological polar surface area (TPSA) is 98.0 Å². The monoisotopic (exact) mass is 309 g/mol. The van der Waals surface area contributed by atoms with Crippen LogP contribution in [0.15, 0.2) is 29.1 Å². The first-order valence-electron chi connectivity index (χ1n) is 6.48. The highest BCUT2D eigenvalue weighted by atomic mass is 35.5. The first-order chi connectivity index (χ1) is 9.94. The van der Waals surface area contributed by atoms with Crippen molar-refractivity contribution in [2.75, 3.05) is 0 Å². The molecular formula is C14H16ClN3O3. The fourth-order valence-electron chi connectivity index (χ4n) is 2.05. The van der Waals surface area contributed by atoms with E-state index in [-0.39, 0.29) is 29.9 Å². The zero-order valence-electron chi connectivity index (χ0n) is 11.4. The third-order valence-corrected chi connectivity index (χ3v) is 3.23. The molecular weight excluding hydrogens is 294 g/mol. The molecule has 21 heavy (non-hydrogen) atoms. The van der Waals surface area contributed by atoms with Gasteiger partial charge in [0.15, 0.2) is 0 Å². The number of imidazole rings is 1. The number of nitrogens with one attached hydrogen (secondary N) is 3. The number of hydrogen-bond donors (Lipinski definition) is 4. The van der Waals surface area contributed by atoms with Gasteiger partial charge in [-0.3, -0.25) is 9.78 Å². The van der Waals surface area contributed by atoms with E-state index in [1.807, 2.05) is 19.1 Å². The Bertz CT molecular complexity index is 676. The molecule has 2 aromatic rings. The molecule has 1 amide bonds. The van der Waals surface area contributed by atoms with Gasteiger partial charge in [-0.05, 0) is 31.0 Å². The number of aromatic amines is 2. The molecule has 6 nitrogen and oxygen atoms in total. The van der Waals surface area contributed by atoms with Gasteiger partial charge in [-0.2, -0.15) is 0 Å². The third-order valence-electron chi connectivity index (χ3n) is 2.98. The molecule has 4 N–H and O–H groups in total. The van der Waals surface area contributed by atoms with Crippen molar-refractivity contribution in [3.63, 3.8) is 0 Å². The molecule has 0 aliphatic rings. The lowest BCUT2D eigenvalue weighted by Crippen LogP contribution is -2.35. The van der Waals surface area contributed by atoms with Gasteiger partial charge in [-0.1, -0.05) is 23.7 Å². The Hall–Kier alpha value is -2.21. The highest BCUT2D eigenvalue weighted by Crippen LogP contribution is 2.11. The van der Waals surface area contributed by atoms with Gasteiger partial charge in [-0.25, -0.2) is 4.79 Å². The molecule has 0 radical (unpaired) electrons. The summed E-state index contributed by atoms with van der Waals surface area (Å²) in [5.41, 5.74) is 0.700.